The van der Waals surface area contributed by atoms with E-state index in [0.29, 0.717) is 0 Å². The summed E-state index contributed by atoms with van der Waals surface area (Å²) in [6.07, 6.45) is 0.855. The van der Waals surface area contributed by atoms with E-state index in [9.17, 15) is 8.42 Å². The van der Waals surface area contributed by atoms with Crippen molar-refractivity contribution in [2.75, 3.05) is 12.0 Å². The Labute approximate surface area is 93.2 Å². The van der Waals surface area contributed by atoms with Gasteiger partial charge in [0.05, 0.1) is 5.70 Å². The smallest absolute Gasteiger partial charge is 0.147 e. The van der Waals surface area contributed by atoms with Gasteiger partial charge in [0, 0.05) is 10.4 Å². The number of hydrogen-bond acceptors (Lipinski definition) is 2. The summed E-state index contributed by atoms with van der Waals surface area (Å²) in [4.78, 5) is 0. The first kappa shape index (κ1) is 9.20. The highest BCUT2D eigenvalue weighted by Crippen LogP contribution is 2.40. The Morgan fingerprint density at radius 1 is 1.14 bits per heavy atom. The third-order valence-electron chi connectivity index (χ3n) is 1.79. The van der Waals surface area contributed by atoms with Crippen LogP contribution >= 0.6 is 0 Å². The third-order valence-corrected chi connectivity index (χ3v) is 2.36. The molecule has 0 fully saturated rings. The Hall–Kier alpha value is -0.0500. The van der Waals surface area contributed by atoms with Crippen LogP contribution in [0.2, 0.25) is 0 Å². The van der Waals surface area contributed by atoms with Crippen molar-refractivity contribution in [1.29, 1.82) is 0 Å². The highest BCUT2D eigenvalue weighted by Gasteiger charge is 2.36. The van der Waals surface area contributed by atoms with Crippen LogP contribution in [0.15, 0.2) is 0 Å². The summed E-state index contributed by atoms with van der Waals surface area (Å²) in [6.45, 7) is 10.2. The van der Waals surface area contributed by atoms with Crippen molar-refractivity contribution in [2.45, 2.75) is 41.5 Å². The Morgan fingerprint density at radius 2 is 1.43 bits per heavy atom. The zero-order valence-corrected chi connectivity index (χ0v) is 11.0. The maximum absolute atomic E-state index is 11.7. The van der Waals surface area contributed by atoms with Crippen LogP contribution in [0.25, 0.3) is 0 Å². The minimum atomic E-state index is -3.98. The molecule has 0 aromatic rings. The van der Waals surface area contributed by atoms with Crippen LogP contribution in [0, 0.1) is 16.7 Å². The van der Waals surface area contributed by atoms with Gasteiger partial charge in [0.25, 0.3) is 0 Å². The molecular formula is C11H24O2S. The SMILES string of the molecule is [2H]C(C(C)(C)C)(C(C)(C)C)C([2H])([2H])S(C)(=O)=O. The highest BCUT2D eigenvalue weighted by molar-refractivity contribution is 7.90. The second-order valence-corrected chi connectivity index (χ2v) is 7.50. The van der Waals surface area contributed by atoms with E-state index >= 15 is 0 Å². The van der Waals surface area contributed by atoms with Gasteiger partial charge in [-0.1, -0.05) is 41.5 Å². The normalized spacial score (nSPS) is 19.8. The lowest BCUT2D eigenvalue weighted by Gasteiger charge is -2.40. The second-order valence-electron chi connectivity index (χ2n) is 5.75. The van der Waals surface area contributed by atoms with E-state index in [-0.39, 0.29) is 0 Å². The van der Waals surface area contributed by atoms with Gasteiger partial charge in [0.2, 0.25) is 0 Å². The molecule has 0 radical (unpaired) electrons. The van der Waals surface area contributed by atoms with Gasteiger partial charge in [-0.15, -0.1) is 0 Å². The van der Waals surface area contributed by atoms with Crippen LogP contribution in [0.1, 0.15) is 45.7 Å². The standard InChI is InChI=1S/C11H24O2S/c1-10(2,3)9(11(4,5)6)8-14(7,12)13/h9H,8H2,1-7H3/i8D2,9D. The molecule has 86 valence electrons. The fourth-order valence-electron chi connectivity index (χ4n) is 1.62. The van der Waals surface area contributed by atoms with Gasteiger partial charge in [0.15, 0.2) is 0 Å². The van der Waals surface area contributed by atoms with Gasteiger partial charge in [0.1, 0.15) is 9.84 Å². The average molecular weight is 223 g/mol. The molecule has 0 bridgehead atoms. The minimum Gasteiger partial charge on any atom is -0.229 e. The molecule has 0 spiro atoms. The van der Waals surface area contributed by atoms with Gasteiger partial charge >= 0.3 is 0 Å². The quantitative estimate of drug-likeness (QED) is 0.721. The van der Waals surface area contributed by atoms with Crippen molar-refractivity contribution in [3.8, 4) is 0 Å². The Kier molecular flexibility index (Phi) is 2.52. The molecule has 2 nitrogen and oxygen atoms in total. The zero-order chi connectivity index (χ0) is 14.5. The number of hydrogen-bond donors (Lipinski definition) is 0. The fraction of sp³-hybridized carbons (Fsp3) is 1.00. The van der Waals surface area contributed by atoms with E-state index < -0.39 is 32.3 Å². The molecule has 0 amide bonds. The van der Waals surface area contributed by atoms with Crippen molar-refractivity contribution in [1.82, 2.24) is 0 Å². The number of rotatable bonds is 2. The first-order valence-corrected chi connectivity index (χ1v) is 6.59. The van der Waals surface area contributed by atoms with Crippen molar-refractivity contribution < 1.29 is 12.5 Å². The Bertz CT molecular complexity index is 372. The summed E-state index contributed by atoms with van der Waals surface area (Å²) in [5.41, 5.74) is -4.22. The van der Waals surface area contributed by atoms with Gasteiger partial charge in [-0.25, -0.2) is 8.42 Å². The predicted molar refractivity (Wildman–Crippen MR) is 62.1 cm³/mol. The van der Waals surface area contributed by atoms with Gasteiger partial charge in [-0.05, 0) is 16.7 Å². The maximum Gasteiger partial charge on any atom is 0.147 e. The van der Waals surface area contributed by atoms with Crippen molar-refractivity contribution in [3.05, 3.63) is 0 Å². The first-order valence-electron chi connectivity index (χ1n) is 6.20. The minimum absolute atomic E-state index is 0.808. The van der Waals surface area contributed by atoms with Crippen LogP contribution in [0.4, 0.5) is 0 Å². The van der Waals surface area contributed by atoms with Gasteiger partial charge in [-0.3, -0.25) is 0 Å². The van der Waals surface area contributed by atoms with E-state index in [1.807, 2.05) is 0 Å². The van der Waals surface area contributed by atoms with Crippen LogP contribution in [-0.2, 0) is 9.84 Å². The molecule has 14 heavy (non-hydrogen) atoms. The Balaban J connectivity index is 6.23. The third kappa shape index (κ3) is 4.99. The summed E-state index contributed by atoms with van der Waals surface area (Å²) < 4.78 is 47.8. The molecule has 0 unspecified atom stereocenters. The van der Waals surface area contributed by atoms with E-state index in [2.05, 4.69) is 0 Å². The Morgan fingerprint density at radius 3 is 1.50 bits per heavy atom. The lowest BCUT2D eigenvalue weighted by Crippen LogP contribution is -2.37. The molecule has 0 heterocycles. The molecule has 3 heteroatoms. The van der Waals surface area contributed by atoms with Crippen LogP contribution in [0.3, 0.4) is 0 Å². The van der Waals surface area contributed by atoms with E-state index in [4.69, 9.17) is 4.11 Å². The van der Waals surface area contributed by atoms with E-state index in [1.165, 1.54) is 0 Å². The monoisotopic (exact) mass is 223 g/mol. The lowest BCUT2D eigenvalue weighted by molar-refractivity contribution is 0.123. The largest absolute Gasteiger partial charge is 0.229 e. The van der Waals surface area contributed by atoms with Crippen molar-refractivity contribution in [2.24, 2.45) is 16.7 Å². The molecular weight excluding hydrogens is 196 g/mol. The lowest BCUT2D eigenvalue weighted by atomic mass is 9.68. The topological polar surface area (TPSA) is 34.1 Å². The number of sulfone groups is 1. The van der Waals surface area contributed by atoms with Crippen LogP contribution < -0.4 is 0 Å². The molecule has 0 N–H and O–H groups in total. The summed E-state index contributed by atoms with van der Waals surface area (Å²) in [7, 11) is -3.98. The average Bonchev–Trinajstić information content (AvgIpc) is 1.95. The fourth-order valence-corrected chi connectivity index (χ4v) is 2.60. The second kappa shape index (κ2) is 3.84. The maximum atomic E-state index is 11.7. The molecule has 0 atom stereocenters. The van der Waals surface area contributed by atoms with Crippen molar-refractivity contribution in [3.63, 3.8) is 0 Å². The van der Waals surface area contributed by atoms with Crippen LogP contribution in [0.5, 0.6) is 0 Å². The first-order chi connectivity index (χ1) is 7.00. The summed E-state index contributed by atoms with van der Waals surface area (Å²) in [6, 6.07) is 0. The molecule has 0 saturated heterocycles. The summed E-state index contributed by atoms with van der Waals surface area (Å²) in [5, 5.41) is 0. The molecule has 0 aliphatic heterocycles. The molecule has 0 aromatic heterocycles. The molecule has 0 aliphatic carbocycles. The highest BCUT2D eigenvalue weighted by atomic mass is 32.2. The molecule has 0 saturated carbocycles. The van der Waals surface area contributed by atoms with Gasteiger partial charge < -0.3 is 0 Å². The summed E-state index contributed by atoms with van der Waals surface area (Å²) >= 11 is 0. The molecule has 0 aromatic carbocycles. The predicted octanol–water partition coefficient (Wildman–Crippen LogP) is 2.74. The van der Waals surface area contributed by atoms with Gasteiger partial charge in [-0.2, -0.15) is 0 Å². The van der Waals surface area contributed by atoms with E-state index in [0.717, 1.165) is 6.26 Å². The molecule has 0 rings (SSSR count). The summed E-state index contributed by atoms with van der Waals surface area (Å²) in [5.74, 6) is -1.75. The zero-order valence-electron chi connectivity index (χ0n) is 13.2. The van der Waals surface area contributed by atoms with Crippen molar-refractivity contribution >= 4 is 9.84 Å². The van der Waals surface area contributed by atoms with Crippen LogP contribution in [-0.4, -0.2) is 20.4 Å². The molecule has 0 aliphatic rings. The van der Waals surface area contributed by atoms with E-state index in [1.54, 1.807) is 41.5 Å².